The second-order valence-electron chi connectivity index (χ2n) is 5.87. The van der Waals surface area contributed by atoms with Gasteiger partial charge in [-0.2, -0.15) is 4.37 Å². The van der Waals surface area contributed by atoms with E-state index in [2.05, 4.69) is 14.3 Å². The molecule has 1 aliphatic heterocycles. The third kappa shape index (κ3) is 2.71. The Morgan fingerprint density at radius 2 is 2.00 bits per heavy atom. The number of fused-ring (bicyclic) bond motifs is 1. The quantitative estimate of drug-likeness (QED) is 0.771. The van der Waals surface area contributed by atoms with Crippen LogP contribution in [-0.4, -0.2) is 44.6 Å². The summed E-state index contributed by atoms with van der Waals surface area (Å²) in [6.45, 7) is -0.338. The van der Waals surface area contributed by atoms with E-state index in [0.29, 0.717) is 21.7 Å². The average molecular weight is 348 g/mol. The van der Waals surface area contributed by atoms with Gasteiger partial charge in [-0.1, -0.05) is 30.3 Å². The minimum atomic E-state index is -2.94. The maximum Gasteiger partial charge on any atom is 0.267 e. The number of aliphatic hydroxyl groups is 1. The number of aliphatic hydroxyl groups excluding tert-OH is 1. The molecule has 124 valence electrons. The van der Waals surface area contributed by atoms with E-state index in [0.717, 1.165) is 5.56 Å². The van der Waals surface area contributed by atoms with Crippen LogP contribution in [0.15, 0.2) is 36.7 Å². The second kappa shape index (κ2) is 5.71. The molecular weight excluding hydrogens is 334 g/mol. The first-order valence-corrected chi connectivity index (χ1v) is 8.27. The molecule has 3 heterocycles. The Morgan fingerprint density at radius 1 is 1.21 bits per heavy atom. The molecule has 5 nitrogen and oxygen atoms in total. The van der Waals surface area contributed by atoms with Crippen LogP contribution in [0.4, 0.5) is 14.6 Å². The van der Waals surface area contributed by atoms with Crippen molar-refractivity contribution in [2.75, 3.05) is 18.0 Å². The Labute approximate surface area is 140 Å². The normalized spacial score (nSPS) is 20.5. The molecule has 0 spiro atoms. The third-order valence-electron chi connectivity index (χ3n) is 3.97. The van der Waals surface area contributed by atoms with E-state index in [4.69, 9.17) is 0 Å². The number of nitrogens with zero attached hydrogens (tertiary/aromatic N) is 4. The fourth-order valence-electron chi connectivity index (χ4n) is 3.00. The third-order valence-corrected chi connectivity index (χ3v) is 4.80. The van der Waals surface area contributed by atoms with Gasteiger partial charge in [0.15, 0.2) is 5.82 Å². The Balaban J connectivity index is 1.79. The first-order chi connectivity index (χ1) is 11.5. The first-order valence-electron chi connectivity index (χ1n) is 7.50. The van der Waals surface area contributed by atoms with Gasteiger partial charge in [-0.05, 0) is 11.5 Å². The Kier molecular flexibility index (Phi) is 3.65. The zero-order chi connectivity index (χ0) is 16.7. The molecule has 4 rings (SSSR count). The molecule has 1 fully saturated rings. The number of benzene rings is 1. The molecule has 0 bridgehead atoms. The molecule has 1 N–H and O–H groups in total. The number of aromatic nitrogens is 3. The lowest BCUT2D eigenvalue weighted by Gasteiger charge is -2.36. The van der Waals surface area contributed by atoms with Crippen LogP contribution in [-0.2, 0) is 0 Å². The molecule has 2 aromatic heterocycles. The molecule has 0 radical (unpaired) electrons. The van der Waals surface area contributed by atoms with Crippen molar-refractivity contribution in [2.45, 2.75) is 18.4 Å². The molecule has 8 heteroatoms. The molecule has 1 atom stereocenters. The highest BCUT2D eigenvalue weighted by molar-refractivity contribution is 7.14. The molecule has 0 aliphatic carbocycles. The number of piperidine rings is 1. The predicted molar refractivity (Wildman–Crippen MR) is 88.4 cm³/mol. The molecule has 1 unspecified atom stereocenters. The number of anilines is 1. The number of hydrogen-bond acceptors (Lipinski definition) is 6. The van der Waals surface area contributed by atoms with Crippen LogP contribution in [0.1, 0.15) is 6.42 Å². The van der Waals surface area contributed by atoms with Crippen LogP contribution in [0.5, 0.6) is 0 Å². The summed E-state index contributed by atoms with van der Waals surface area (Å²) in [5, 5.41) is 9.75. The van der Waals surface area contributed by atoms with Crippen molar-refractivity contribution in [3.05, 3.63) is 36.7 Å². The largest absolute Gasteiger partial charge is 0.391 e. The fraction of sp³-hybridized carbons (Fsp3) is 0.312. The average Bonchev–Trinajstić information content (AvgIpc) is 2.97. The summed E-state index contributed by atoms with van der Waals surface area (Å²) in [4.78, 5) is 9.89. The predicted octanol–water partition coefficient (Wildman–Crippen LogP) is 2.96. The van der Waals surface area contributed by atoms with E-state index >= 15 is 0 Å². The molecule has 1 aromatic carbocycles. The lowest BCUT2D eigenvalue weighted by Crippen LogP contribution is -2.49. The minimum absolute atomic E-state index is 0.125. The van der Waals surface area contributed by atoms with E-state index in [1.54, 1.807) is 0 Å². The maximum atomic E-state index is 13.8. The van der Waals surface area contributed by atoms with Crippen LogP contribution in [0.25, 0.3) is 21.5 Å². The van der Waals surface area contributed by atoms with Crippen molar-refractivity contribution in [3.63, 3.8) is 0 Å². The highest BCUT2D eigenvalue weighted by atomic mass is 32.1. The first kappa shape index (κ1) is 15.3. The molecule has 0 saturated carbocycles. The van der Waals surface area contributed by atoms with E-state index in [1.807, 2.05) is 30.3 Å². The smallest absolute Gasteiger partial charge is 0.267 e. The van der Waals surface area contributed by atoms with Gasteiger partial charge in [-0.15, -0.1) is 0 Å². The van der Waals surface area contributed by atoms with Gasteiger partial charge in [0, 0.05) is 18.5 Å². The molecule has 1 aliphatic rings. The minimum Gasteiger partial charge on any atom is -0.391 e. The zero-order valence-electron chi connectivity index (χ0n) is 12.6. The van der Waals surface area contributed by atoms with Crippen molar-refractivity contribution in [1.29, 1.82) is 0 Å². The van der Waals surface area contributed by atoms with Gasteiger partial charge in [0.1, 0.15) is 22.2 Å². The van der Waals surface area contributed by atoms with Crippen molar-refractivity contribution in [3.8, 4) is 11.3 Å². The van der Waals surface area contributed by atoms with Crippen LogP contribution >= 0.6 is 11.5 Å². The Bertz CT molecular complexity index is 871. The van der Waals surface area contributed by atoms with Crippen LogP contribution in [0.2, 0.25) is 0 Å². The number of β-amino-alcohol motifs (C(OH)–C–C–N with tert-alkyl or cyclic N) is 1. The van der Waals surface area contributed by atoms with Crippen LogP contribution in [0.3, 0.4) is 0 Å². The molecule has 1 saturated heterocycles. The molecule has 0 amide bonds. The number of rotatable bonds is 2. The van der Waals surface area contributed by atoms with Gasteiger partial charge in [-0.3, -0.25) is 0 Å². The van der Waals surface area contributed by atoms with Crippen LogP contribution in [0, 0.1) is 0 Å². The lowest BCUT2D eigenvalue weighted by atomic mass is 10.0. The summed E-state index contributed by atoms with van der Waals surface area (Å²) < 4.78 is 32.7. The van der Waals surface area contributed by atoms with E-state index in [1.165, 1.54) is 22.8 Å². The van der Waals surface area contributed by atoms with Gasteiger partial charge < -0.3 is 10.0 Å². The monoisotopic (exact) mass is 348 g/mol. The van der Waals surface area contributed by atoms with E-state index in [9.17, 15) is 13.9 Å². The van der Waals surface area contributed by atoms with Crippen molar-refractivity contribution in [1.82, 2.24) is 14.3 Å². The van der Waals surface area contributed by atoms with Crippen LogP contribution < -0.4 is 4.90 Å². The highest BCUT2D eigenvalue weighted by Crippen LogP contribution is 2.37. The summed E-state index contributed by atoms with van der Waals surface area (Å²) in [6, 6.07) is 9.58. The van der Waals surface area contributed by atoms with E-state index in [-0.39, 0.29) is 6.54 Å². The molecule has 3 aromatic rings. The number of hydrogen-bond donors (Lipinski definition) is 1. The lowest BCUT2D eigenvalue weighted by molar-refractivity contribution is -0.0530. The summed E-state index contributed by atoms with van der Waals surface area (Å²) in [5.74, 6) is -2.54. The highest BCUT2D eigenvalue weighted by Gasteiger charge is 2.40. The SMILES string of the molecule is OC1CN(c2ncnc3c(-c4ccccc4)nsc23)CC(F)(F)C1. The summed E-state index contributed by atoms with van der Waals surface area (Å²) in [6.07, 6.45) is -0.242. The standard InChI is InChI=1S/C16H14F2N4OS/c17-16(18)6-11(23)7-22(8-16)15-14-13(19-9-20-15)12(21-24-14)10-4-2-1-3-5-10/h1-5,9,11,23H,6-8H2. The van der Waals surface area contributed by atoms with Crippen molar-refractivity contribution < 1.29 is 13.9 Å². The van der Waals surface area contributed by atoms with Gasteiger partial charge >= 0.3 is 0 Å². The summed E-state index contributed by atoms with van der Waals surface area (Å²) >= 11 is 1.19. The Morgan fingerprint density at radius 3 is 2.75 bits per heavy atom. The van der Waals surface area contributed by atoms with Gasteiger partial charge in [0.2, 0.25) is 0 Å². The topological polar surface area (TPSA) is 62.1 Å². The molecule has 24 heavy (non-hydrogen) atoms. The summed E-state index contributed by atoms with van der Waals surface area (Å²) in [7, 11) is 0. The van der Waals surface area contributed by atoms with Crippen molar-refractivity contribution >= 4 is 27.6 Å². The maximum absolute atomic E-state index is 13.8. The van der Waals surface area contributed by atoms with E-state index < -0.39 is 25.0 Å². The second-order valence-corrected chi connectivity index (χ2v) is 6.64. The zero-order valence-corrected chi connectivity index (χ0v) is 13.4. The number of halogens is 2. The van der Waals surface area contributed by atoms with Gasteiger partial charge in [-0.25, -0.2) is 18.7 Å². The Hall–Kier alpha value is -2.19. The fourth-order valence-corrected chi connectivity index (χ4v) is 3.87. The van der Waals surface area contributed by atoms with Gasteiger partial charge in [0.05, 0.1) is 12.6 Å². The number of alkyl halides is 2. The van der Waals surface area contributed by atoms with Gasteiger partial charge in [0.25, 0.3) is 5.92 Å². The molecular formula is C16H14F2N4OS. The summed E-state index contributed by atoms with van der Waals surface area (Å²) in [5.41, 5.74) is 2.26. The van der Waals surface area contributed by atoms with Crippen molar-refractivity contribution in [2.24, 2.45) is 0 Å².